The number of H-pyrrole nitrogens is 1. The van der Waals surface area contributed by atoms with Crippen molar-refractivity contribution in [2.24, 2.45) is 29.6 Å². The molecule has 1 saturated heterocycles. The van der Waals surface area contributed by atoms with Crippen LogP contribution in [-0.4, -0.2) is 46.8 Å². The van der Waals surface area contributed by atoms with E-state index in [9.17, 15) is 37.5 Å². The maximum Gasteiger partial charge on any atom is 0.416 e. The van der Waals surface area contributed by atoms with Crippen LogP contribution >= 0.6 is 23.1 Å². The van der Waals surface area contributed by atoms with Gasteiger partial charge in [0.05, 0.1) is 35.2 Å². The first-order valence-corrected chi connectivity index (χ1v) is 17.5. The Hall–Kier alpha value is -4.76. The summed E-state index contributed by atoms with van der Waals surface area (Å²) in [5.74, 6) is -3.01. The van der Waals surface area contributed by atoms with E-state index in [1.165, 1.54) is 43.1 Å². The molecule has 4 aliphatic rings. The zero-order valence-corrected chi connectivity index (χ0v) is 27.7. The van der Waals surface area contributed by atoms with E-state index in [-0.39, 0.29) is 51.8 Å². The Bertz CT molecular complexity index is 2100. The summed E-state index contributed by atoms with van der Waals surface area (Å²) in [4.78, 5) is 57.5. The van der Waals surface area contributed by atoms with Gasteiger partial charge in [-0.15, -0.1) is 11.8 Å². The van der Waals surface area contributed by atoms with Gasteiger partial charge in [-0.2, -0.15) is 13.2 Å². The fourth-order valence-corrected chi connectivity index (χ4v) is 11.2. The van der Waals surface area contributed by atoms with Crippen LogP contribution in [0.2, 0.25) is 0 Å². The summed E-state index contributed by atoms with van der Waals surface area (Å²) in [6.45, 7) is -0.323. The SMILES string of the molecule is COc1cc([C@H]2c3sc(=O)[nH]c3SC3C2[C@H]2C[C@@H]3C3C(=O)N(c4cccc(C(F)(F)F)c4)C(=O)C32)ccc1OCC(=O)Nc1ccc(O)cc1. The number of thioether (sulfide) groups is 1. The number of thiazole rings is 1. The summed E-state index contributed by atoms with van der Waals surface area (Å²) in [6.07, 6.45) is -4.03. The van der Waals surface area contributed by atoms with Gasteiger partial charge in [0.15, 0.2) is 18.1 Å². The zero-order chi connectivity index (χ0) is 35.1. The number of anilines is 2. The number of aromatic hydroxyl groups is 1. The molecule has 2 bridgehead atoms. The van der Waals surface area contributed by atoms with Gasteiger partial charge in [0.1, 0.15) is 5.75 Å². The van der Waals surface area contributed by atoms with Crippen molar-refractivity contribution in [1.82, 2.24) is 4.98 Å². The number of amides is 3. The Morgan fingerprint density at radius 2 is 1.74 bits per heavy atom. The summed E-state index contributed by atoms with van der Waals surface area (Å²) in [5.41, 5.74) is 0.257. The number of carbonyl (C=O) groups excluding carboxylic acids is 3. The minimum absolute atomic E-state index is 0.0664. The molecule has 258 valence electrons. The van der Waals surface area contributed by atoms with Crippen LogP contribution in [0.1, 0.15) is 28.3 Å². The predicted octanol–water partition coefficient (Wildman–Crippen LogP) is 5.86. The van der Waals surface area contributed by atoms with E-state index in [2.05, 4.69) is 10.3 Å². The number of imide groups is 1. The molecule has 3 N–H and O–H groups in total. The number of phenolic OH excluding ortho intramolecular Hbond substituents is 1. The fraction of sp³-hybridized carbons (Fsp3) is 0.314. The predicted molar refractivity (Wildman–Crippen MR) is 178 cm³/mol. The lowest BCUT2D eigenvalue weighted by atomic mass is 9.68. The normalized spacial score (nSPS) is 26.4. The zero-order valence-electron chi connectivity index (χ0n) is 26.1. The number of benzene rings is 3. The fourth-order valence-electron chi connectivity index (χ4n) is 8.35. The Balaban J connectivity index is 1.09. The molecule has 1 aromatic heterocycles. The summed E-state index contributed by atoms with van der Waals surface area (Å²) in [5, 5.41) is 12.7. The molecule has 15 heteroatoms. The van der Waals surface area contributed by atoms with Gasteiger partial charge < -0.3 is 24.9 Å². The van der Waals surface area contributed by atoms with Crippen molar-refractivity contribution >= 4 is 52.2 Å². The van der Waals surface area contributed by atoms with Gasteiger partial charge in [0.25, 0.3) is 5.91 Å². The number of methoxy groups -OCH3 is 1. The number of nitrogens with one attached hydrogen (secondary N) is 2. The van der Waals surface area contributed by atoms with E-state index >= 15 is 0 Å². The number of aromatic amines is 1. The van der Waals surface area contributed by atoms with Crippen molar-refractivity contribution in [2.45, 2.75) is 28.8 Å². The van der Waals surface area contributed by atoms with Crippen molar-refractivity contribution < 1.29 is 42.1 Å². The molecule has 50 heavy (non-hydrogen) atoms. The van der Waals surface area contributed by atoms with Crippen molar-refractivity contribution in [3.63, 3.8) is 0 Å². The lowest BCUT2D eigenvalue weighted by Crippen LogP contribution is -2.42. The van der Waals surface area contributed by atoms with Gasteiger partial charge >= 0.3 is 11.0 Å². The Morgan fingerprint density at radius 1 is 1.00 bits per heavy atom. The number of ether oxygens (including phenoxy) is 2. The van der Waals surface area contributed by atoms with E-state index < -0.39 is 41.3 Å². The van der Waals surface area contributed by atoms with Crippen LogP contribution in [0.5, 0.6) is 17.2 Å². The molecular weight excluding hydrogens is 696 g/mol. The highest BCUT2D eigenvalue weighted by Gasteiger charge is 2.69. The largest absolute Gasteiger partial charge is 0.508 e. The van der Waals surface area contributed by atoms with Crippen LogP contribution in [0.25, 0.3) is 0 Å². The van der Waals surface area contributed by atoms with Crippen molar-refractivity contribution in [2.75, 3.05) is 23.9 Å². The van der Waals surface area contributed by atoms with Crippen molar-refractivity contribution in [3.8, 4) is 17.2 Å². The first kappa shape index (κ1) is 32.4. The molecule has 10 nitrogen and oxygen atoms in total. The molecule has 7 atom stereocenters. The molecule has 4 unspecified atom stereocenters. The third-order valence-corrected chi connectivity index (χ3v) is 12.8. The number of fused-ring (bicyclic) bond motifs is 9. The lowest BCUT2D eigenvalue weighted by Gasteiger charge is -2.43. The van der Waals surface area contributed by atoms with Crippen LogP contribution in [0.4, 0.5) is 24.5 Å². The van der Waals surface area contributed by atoms with Crippen molar-refractivity contribution in [3.05, 3.63) is 92.4 Å². The number of nitrogens with zero attached hydrogens (tertiary/aromatic N) is 1. The van der Waals surface area contributed by atoms with Gasteiger partial charge in [0.2, 0.25) is 11.8 Å². The number of hydrogen-bond donors (Lipinski definition) is 3. The molecule has 3 heterocycles. The molecule has 3 amide bonds. The third-order valence-electron chi connectivity index (χ3n) is 10.2. The van der Waals surface area contributed by atoms with E-state index in [0.717, 1.165) is 38.8 Å². The van der Waals surface area contributed by atoms with Gasteiger partial charge in [-0.3, -0.25) is 24.1 Å². The number of alkyl halides is 3. The standard InChI is InChI=1S/C35H28F3N3O7S2/c1-47-23-11-15(5-10-22(23)48-14-24(43)39-17-6-8-19(42)9-7-17)25-26-20-13-21(29(26)49-31-30(25)50-34(46)40-31)28-27(20)32(44)41(33(28)45)18-4-2-3-16(12-18)35(36,37)38/h2-12,20-21,25-29,42H,13-14H2,1H3,(H,39,43)(H,40,46)/t20-,21-,25-,26?,27?,28?,29?/m1/s1. The molecule has 4 aromatic rings. The Morgan fingerprint density at radius 3 is 2.46 bits per heavy atom. The van der Waals surface area contributed by atoms with Gasteiger partial charge in [-0.1, -0.05) is 23.5 Å². The molecule has 3 fully saturated rings. The summed E-state index contributed by atoms with van der Waals surface area (Å²) >= 11 is 2.59. The monoisotopic (exact) mass is 723 g/mol. The van der Waals surface area contributed by atoms with Gasteiger partial charge in [-0.05, 0) is 84.3 Å². The Kier molecular flexibility index (Phi) is 7.75. The van der Waals surface area contributed by atoms with Crippen LogP contribution in [0.15, 0.2) is 76.6 Å². The first-order chi connectivity index (χ1) is 23.9. The summed E-state index contributed by atoms with van der Waals surface area (Å²) in [6, 6.07) is 15.6. The van der Waals surface area contributed by atoms with Crippen LogP contribution in [0, 0.1) is 29.6 Å². The Labute approximate surface area is 290 Å². The number of rotatable bonds is 7. The number of hydrogen-bond acceptors (Lipinski definition) is 9. The topological polar surface area (TPSA) is 138 Å². The average Bonchev–Trinajstić information content (AvgIpc) is 3.83. The maximum absolute atomic E-state index is 14.0. The molecule has 0 radical (unpaired) electrons. The molecule has 2 aliphatic carbocycles. The van der Waals surface area contributed by atoms with E-state index in [0.29, 0.717) is 28.6 Å². The molecule has 8 rings (SSSR count). The highest BCUT2D eigenvalue weighted by Crippen LogP contribution is 2.69. The first-order valence-electron chi connectivity index (χ1n) is 15.8. The number of carbonyl (C=O) groups is 3. The number of halogens is 3. The highest BCUT2D eigenvalue weighted by atomic mass is 32.2. The third kappa shape index (κ3) is 5.25. The highest BCUT2D eigenvalue weighted by molar-refractivity contribution is 8.00. The average molecular weight is 724 g/mol. The smallest absolute Gasteiger partial charge is 0.416 e. The molecular formula is C35H28F3N3O7S2. The van der Waals surface area contributed by atoms with E-state index in [1.807, 2.05) is 6.07 Å². The van der Waals surface area contributed by atoms with Crippen molar-refractivity contribution in [1.29, 1.82) is 0 Å². The van der Waals surface area contributed by atoms with Crippen LogP contribution < -0.4 is 24.6 Å². The minimum atomic E-state index is -4.63. The van der Waals surface area contributed by atoms with E-state index in [1.54, 1.807) is 24.3 Å². The second-order valence-electron chi connectivity index (χ2n) is 12.8. The van der Waals surface area contributed by atoms with Crippen LogP contribution in [0.3, 0.4) is 0 Å². The van der Waals surface area contributed by atoms with Crippen LogP contribution in [-0.2, 0) is 20.6 Å². The summed E-state index contributed by atoms with van der Waals surface area (Å²) < 4.78 is 52.1. The van der Waals surface area contributed by atoms with E-state index in [4.69, 9.17) is 9.47 Å². The molecule has 0 spiro atoms. The molecule has 2 aliphatic heterocycles. The lowest BCUT2D eigenvalue weighted by molar-refractivity contribution is -0.137. The number of phenols is 1. The summed E-state index contributed by atoms with van der Waals surface area (Å²) in [7, 11) is 1.47. The number of aromatic nitrogens is 1. The molecule has 3 aromatic carbocycles. The molecule has 2 saturated carbocycles. The maximum atomic E-state index is 14.0. The van der Waals surface area contributed by atoms with Gasteiger partial charge in [0, 0.05) is 21.7 Å². The second-order valence-corrected chi connectivity index (χ2v) is 15.0. The van der Waals surface area contributed by atoms with Gasteiger partial charge in [-0.25, -0.2) is 0 Å². The second kappa shape index (κ2) is 11.9. The quantitative estimate of drug-likeness (QED) is 0.159. The minimum Gasteiger partial charge on any atom is -0.508 e.